The first-order chi connectivity index (χ1) is 8.19. The Bertz CT molecular complexity index is 364. The highest BCUT2D eigenvalue weighted by atomic mass is 32.2. The summed E-state index contributed by atoms with van der Waals surface area (Å²) in [7, 11) is 0. The van der Waals surface area contributed by atoms with Gasteiger partial charge in [0.2, 0.25) is 0 Å². The van der Waals surface area contributed by atoms with Crippen LogP contribution in [0.25, 0.3) is 0 Å². The van der Waals surface area contributed by atoms with E-state index in [0.717, 1.165) is 12.5 Å². The molecule has 0 aliphatic rings. The number of nitrogens with one attached hydrogen (secondary N) is 1. The lowest BCUT2D eigenvalue weighted by molar-refractivity contribution is 0.296. The van der Waals surface area contributed by atoms with Crippen molar-refractivity contribution in [2.75, 3.05) is 24.2 Å². The van der Waals surface area contributed by atoms with Crippen molar-refractivity contribution in [2.24, 2.45) is 0 Å². The van der Waals surface area contributed by atoms with Gasteiger partial charge >= 0.3 is 0 Å². The molecule has 0 aliphatic heterocycles. The molecule has 1 aromatic heterocycles. The minimum atomic E-state index is -0.678. The highest BCUT2D eigenvalue weighted by molar-refractivity contribution is 7.99. The first-order valence-corrected chi connectivity index (χ1v) is 6.51. The standard InChI is InChI=1S/C11H16F2N2OS/c1-2-4-14-10-8(12)7-9(13)11(15-10)17-6-3-5-16/h7,16H,2-6H2,1H3,(H,14,15). The van der Waals surface area contributed by atoms with Gasteiger partial charge in [-0.2, -0.15) is 0 Å². The van der Waals surface area contributed by atoms with Crippen molar-refractivity contribution < 1.29 is 13.9 Å². The number of pyridine rings is 1. The molecule has 0 aliphatic carbocycles. The van der Waals surface area contributed by atoms with Crippen LogP contribution in [-0.4, -0.2) is 29.0 Å². The predicted molar refractivity (Wildman–Crippen MR) is 65.4 cm³/mol. The Balaban J connectivity index is 2.74. The lowest BCUT2D eigenvalue weighted by atomic mass is 10.4. The molecule has 96 valence electrons. The minimum absolute atomic E-state index is 0.0523. The van der Waals surface area contributed by atoms with Gasteiger partial charge in [0.05, 0.1) is 0 Å². The van der Waals surface area contributed by atoms with E-state index in [4.69, 9.17) is 5.11 Å². The zero-order chi connectivity index (χ0) is 12.7. The SMILES string of the molecule is CCCNc1nc(SCCCO)c(F)cc1F. The number of aromatic nitrogens is 1. The molecule has 1 heterocycles. The first kappa shape index (κ1) is 14.2. The quantitative estimate of drug-likeness (QED) is 0.586. The summed E-state index contributed by atoms with van der Waals surface area (Å²) in [6.45, 7) is 2.60. The van der Waals surface area contributed by atoms with Crippen LogP contribution >= 0.6 is 11.8 Å². The summed E-state index contributed by atoms with van der Waals surface area (Å²) in [6, 6.07) is 0.840. The summed E-state index contributed by atoms with van der Waals surface area (Å²) in [5.41, 5.74) is 0. The van der Waals surface area contributed by atoms with Gasteiger partial charge in [-0.25, -0.2) is 13.8 Å². The predicted octanol–water partition coefficient (Wildman–Crippen LogP) is 2.66. The van der Waals surface area contributed by atoms with Gasteiger partial charge in [0.1, 0.15) is 5.03 Å². The van der Waals surface area contributed by atoms with E-state index < -0.39 is 11.6 Å². The Morgan fingerprint density at radius 2 is 2.18 bits per heavy atom. The molecule has 3 nitrogen and oxygen atoms in total. The molecule has 1 aromatic rings. The average molecular weight is 262 g/mol. The molecule has 0 amide bonds. The third kappa shape index (κ3) is 4.47. The van der Waals surface area contributed by atoms with Crippen molar-refractivity contribution in [3.05, 3.63) is 17.7 Å². The summed E-state index contributed by atoms with van der Waals surface area (Å²) in [5, 5.41) is 11.6. The van der Waals surface area contributed by atoms with Crippen LogP contribution < -0.4 is 5.32 Å². The Kier molecular flexibility index (Phi) is 6.21. The maximum Gasteiger partial charge on any atom is 0.168 e. The number of rotatable bonds is 7. The monoisotopic (exact) mass is 262 g/mol. The summed E-state index contributed by atoms with van der Waals surface area (Å²) in [5.74, 6) is -0.700. The lowest BCUT2D eigenvalue weighted by Crippen LogP contribution is -2.06. The van der Waals surface area contributed by atoms with Gasteiger partial charge in [-0.3, -0.25) is 0 Å². The molecule has 2 N–H and O–H groups in total. The van der Waals surface area contributed by atoms with Crippen molar-refractivity contribution in [3.8, 4) is 0 Å². The van der Waals surface area contributed by atoms with Gasteiger partial charge in [0.25, 0.3) is 0 Å². The number of hydrogen-bond acceptors (Lipinski definition) is 4. The van der Waals surface area contributed by atoms with Crippen molar-refractivity contribution in [3.63, 3.8) is 0 Å². The smallest absolute Gasteiger partial charge is 0.168 e. The second-order valence-electron chi connectivity index (χ2n) is 3.46. The fourth-order valence-electron chi connectivity index (χ4n) is 1.15. The van der Waals surface area contributed by atoms with Crippen LogP contribution in [-0.2, 0) is 0 Å². The highest BCUT2D eigenvalue weighted by Crippen LogP contribution is 2.24. The van der Waals surface area contributed by atoms with Crippen LogP contribution in [0.3, 0.4) is 0 Å². The van der Waals surface area contributed by atoms with Crippen LogP contribution in [0, 0.1) is 11.6 Å². The van der Waals surface area contributed by atoms with E-state index >= 15 is 0 Å². The average Bonchev–Trinajstić information content (AvgIpc) is 2.31. The van der Waals surface area contributed by atoms with Crippen LogP contribution in [0.1, 0.15) is 19.8 Å². The summed E-state index contributed by atoms with van der Waals surface area (Å²) in [6.07, 6.45) is 1.40. The van der Waals surface area contributed by atoms with Gasteiger partial charge < -0.3 is 10.4 Å². The summed E-state index contributed by atoms with van der Waals surface area (Å²) in [4.78, 5) is 3.90. The maximum atomic E-state index is 13.4. The maximum absolute atomic E-state index is 13.4. The zero-order valence-corrected chi connectivity index (χ0v) is 10.5. The topological polar surface area (TPSA) is 45.2 Å². The van der Waals surface area contributed by atoms with E-state index in [1.165, 1.54) is 11.8 Å². The van der Waals surface area contributed by atoms with E-state index in [1.54, 1.807) is 0 Å². The third-order valence-electron chi connectivity index (χ3n) is 1.98. The number of aliphatic hydroxyl groups excluding tert-OH is 1. The van der Waals surface area contributed by atoms with Crippen LogP contribution in [0.4, 0.5) is 14.6 Å². The second-order valence-corrected chi connectivity index (χ2v) is 4.54. The van der Waals surface area contributed by atoms with Crippen molar-refractivity contribution in [2.45, 2.75) is 24.8 Å². The molecular weight excluding hydrogens is 246 g/mol. The number of nitrogens with zero attached hydrogens (tertiary/aromatic N) is 1. The Labute approximate surface area is 104 Å². The summed E-state index contributed by atoms with van der Waals surface area (Å²) >= 11 is 1.18. The van der Waals surface area contributed by atoms with E-state index in [9.17, 15) is 8.78 Å². The van der Waals surface area contributed by atoms with Crippen LogP contribution in [0.5, 0.6) is 0 Å². The number of anilines is 1. The molecule has 0 saturated heterocycles. The number of hydrogen-bond donors (Lipinski definition) is 2. The van der Waals surface area contributed by atoms with E-state index in [2.05, 4.69) is 10.3 Å². The van der Waals surface area contributed by atoms with Crippen LogP contribution in [0.2, 0.25) is 0 Å². The van der Waals surface area contributed by atoms with Crippen LogP contribution in [0.15, 0.2) is 11.1 Å². The molecular formula is C11H16F2N2OS. The van der Waals surface area contributed by atoms with E-state index in [0.29, 0.717) is 18.7 Å². The Morgan fingerprint density at radius 3 is 2.82 bits per heavy atom. The fraction of sp³-hybridized carbons (Fsp3) is 0.545. The molecule has 0 aromatic carbocycles. The Hall–Kier alpha value is -0.880. The molecule has 0 saturated carbocycles. The molecule has 6 heteroatoms. The van der Waals surface area contributed by atoms with Gasteiger partial charge in [0.15, 0.2) is 17.5 Å². The third-order valence-corrected chi connectivity index (χ3v) is 3.03. The zero-order valence-electron chi connectivity index (χ0n) is 9.67. The van der Waals surface area contributed by atoms with Gasteiger partial charge in [0, 0.05) is 25.0 Å². The van der Waals surface area contributed by atoms with Gasteiger partial charge in [-0.15, -0.1) is 11.8 Å². The van der Waals surface area contributed by atoms with Crippen molar-refractivity contribution in [1.82, 2.24) is 4.98 Å². The molecule has 1 rings (SSSR count). The van der Waals surface area contributed by atoms with E-state index in [1.807, 2.05) is 6.92 Å². The normalized spacial score (nSPS) is 10.6. The molecule has 0 spiro atoms. The fourth-order valence-corrected chi connectivity index (χ4v) is 1.97. The molecule has 0 bridgehead atoms. The minimum Gasteiger partial charge on any atom is -0.396 e. The van der Waals surface area contributed by atoms with E-state index in [-0.39, 0.29) is 17.5 Å². The number of halogens is 2. The Morgan fingerprint density at radius 1 is 1.41 bits per heavy atom. The van der Waals surface area contributed by atoms with Crippen molar-refractivity contribution >= 4 is 17.6 Å². The number of thioether (sulfide) groups is 1. The molecule has 17 heavy (non-hydrogen) atoms. The molecule has 0 atom stereocenters. The van der Waals surface area contributed by atoms with Gasteiger partial charge in [-0.05, 0) is 12.8 Å². The van der Waals surface area contributed by atoms with Gasteiger partial charge in [-0.1, -0.05) is 6.92 Å². The molecule has 0 unspecified atom stereocenters. The largest absolute Gasteiger partial charge is 0.396 e. The second kappa shape index (κ2) is 7.45. The first-order valence-electron chi connectivity index (χ1n) is 5.52. The number of aliphatic hydroxyl groups is 1. The molecule has 0 radical (unpaired) electrons. The summed E-state index contributed by atoms with van der Waals surface area (Å²) < 4.78 is 26.7. The van der Waals surface area contributed by atoms with Crippen molar-refractivity contribution in [1.29, 1.82) is 0 Å². The lowest BCUT2D eigenvalue weighted by Gasteiger charge is -2.08. The highest BCUT2D eigenvalue weighted by Gasteiger charge is 2.11. The molecule has 0 fully saturated rings.